The van der Waals surface area contributed by atoms with Gasteiger partial charge in [-0.25, -0.2) is 0 Å². The lowest BCUT2D eigenvalue weighted by molar-refractivity contribution is -0.390. The van der Waals surface area contributed by atoms with Crippen LogP contribution >= 0.6 is 15.9 Å². The molecule has 0 amide bonds. The van der Waals surface area contributed by atoms with Crippen molar-refractivity contribution in [2.75, 3.05) is 0 Å². The molecule has 1 aromatic rings. The highest BCUT2D eigenvalue weighted by Crippen LogP contribution is 2.08. The molecule has 0 fully saturated rings. The van der Waals surface area contributed by atoms with E-state index in [4.69, 9.17) is 0 Å². The smallest absolute Gasteiger partial charge is 0.358 e. The van der Waals surface area contributed by atoms with Gasteiger partial charge in [0.1, 0.15) is 0 Å². The van der Waals surface area contributed by atoms with Gasteiger partial charge in [-0.1, -0.05) is 0 Å². The Hall–Kier alpha value is -1.04. The van der Waals surface area contributed by atoms with Crippen LogP contribution in [0.5, 0.6) is 0 Å². The second-order valence-electron chi connectivity index (χ2n) is 1.47. The van der Waals surface area contributed by atoms with Crippen LogP contribution in [0.3, 0.4) is 0 Å². The molecule has 0 spiro atoms. The predicted octanol–water partition coefficient (Wildman–Crippen LogP) is 1.15. The van der Waals surface area contributed by atoms with E-state index in [0.29, 0.717) is 4.60 Å². The zero-order chi connectivity index (χ0) is 7.56. The zero-order valence-corrected chi connectivity index (χ0v) is 6.28. The largest absolute Gasteiger partial charge is 0.390 e. The number of rotatable bonds is 1. The molecule has 0 N–H and O–H groups in total. The van der Waals surface area contributed by atoms with E-state index in [1.807, 2.05) is 0 Å². The molecule has 0 saturated heterocycles. The van der Waals surface area contributed by atoms with Crippen LogP contribution in [0.4, 0.5) is 5.82 Å². The third-order valence-corrected chi connectivity index (χ3v) is 1.23. The molecule has 5 nitrogen and oxygen atoms in total. The van der Waals surface area contributed by atoms with Gasteiger partial charge in [0.15, 0.2) is 4.60 Å². The van der Waals surface area contributed by atoms with Gasteiger partial charge in [-0.3, -0.25) is 0 Å². The van der Waals surface area contributed by atoms with Gasteiger partial charge in [0.25, 0.3) is 0 Å². The average molecular weight is 204 g/mol. The van der Waals surface area contributed by atoms with Crippen LogP contribution in [0.15, 0.2) is 16.7 Å². The van der Waals surface area contributed by atoms with Crippen molar-refractivity contribution in [2.24, 2.45) is 0 Å². The van der Waals surface area contributed by atoms with E-state index in [-0.39, 0.29) is 5.82 Å². The molecule has 52 valence electrons. The maximum absolute atomic E-state index is 10.00. The fourth-order valence-electron chi connectivity index (χ4n) is 0.406. The van der Waals surface area contributed by atoms with Gasteiger partial charge in [0.05, 0.1) is 5.10 Å². The van der Waals surface area contributed by atoms with E-state index in [9.17, 15) is 10.1 Å². The quantitative estimate of drug-likeness (QED) is 0.508. The van der Waals surface area contributed by atoms with Crippen molar-refractivity contribution in [3.8, 4) is 0 Å². The second-order valence-corrected chi connectivity index (χ2v) is 2.28. The molecule has 1 rings (SSSR count). The first-order valence-electron chi connectivity index (χ1n) is 2.34. The van der Waals surface area contributed by atoms with Crippen LogP contribution in [-0.4, -0.2) is 15.1 Å². The standard InChI is InChI=1S/C4H2BrN3O2/c5-3-1-2-4(7-6-3)8(9)10/h1-2H. The minimum atomic E-state index is -0.598. The highest BCUT2D eigenvalue weighted by atomic mass is 79.9. The number of hydrogen-bond acceptors (Lipinski definition) is 4. The van der Waals surface area contributed by atoms with Gasteiger partial charge >= 0.3 is 5.82 Å². The van der Waals surface area contributed by atoms with Gasteiger partial charge < -0.3 is 10.1 Å². The van der Waals surface area contributed by atoms with Gasteiger partial charge in [-0.2, -0.15) is 0 Å². The Kier molecular flexibility index (Phi) is 1.91. The Labute approximate surface area is 64.4 Å². The molecule has 0 aliphatic carbocycles. The Balaban J connectivity index is 3.00. The first-order chi connectivity index (χ1) is 4.70. The number of nitrogens with zero attached hydrogens (tertiary/aromatic N) is 3. The minimum absolute atomic E-state index is 0.247. The maximum Gasteiger partial charge on any atom is 0.390 e. The van der Waals surface area contributed by atoms with Crippen LogP contribution in [-0.2, 0) is 0 Å². The lowest BCUT2D eigenvalue weighted by atomic mass is 10.5. The monoisotopic (exact) mass is 203 g/mol. The van der Waals surface area contributed by atoms with E-state index in [1.54, 1.807) is 0 Å². The first kappa shape index (κ1) is 7.07. The summed E-state index contributed by atoms with van der Waals surface area (Å²) in [4.78, 5) is 9.40. The summed E-state index contributed by atoms with van der Waals surface area (Å²) in [6, 6.07) is 2.74. The van der Waals surface area contributed by atoms with E-state index in [0.717, 1.165) is 0 Å². The molecule has 0 aromatic carbocycles. The van der Waals surface area contributed by atoms with Crippen molar-refractivity contribution in [3.05, 3.63) is 26.9 Å². The molecular weight excluding hydrogens is 202 g/mol. The molecule has 10 heavy (non-hydrogen) atoms. The Morgan fingerprint density at radius 3 is 2.60 bits per heavy atom. The van der Waals surface area contributed by atoms with Gasteiger partial charge in [0, 0.05) is 6.07 Å². The molecular formula is C4H2BrN3O2. The lowest BCUT2D eigenvalue weighted by Crippen LogP contribution is -1.92. The van der Waals surface area contributed by atoms with Crippen LogP contribution < -0.4 is 0 Å². The molecule has 1 heterocycles. The topological polar surface area (TPSA) is 68.9 Å². The third-order valence-electron chi connectivity index (χ3n) is 0.805. The van der Waals surface area contributed by atoms with Crippen LogP contribution in [0, 0.1) is 10.1 Å². The highest BCUT2D eigenvalue weighted by Gasteiger charge is 2.05. The minimum Gasteiger partial charge on any atom is -0.358 e. The summed E-state index contributed by atoms with van der Waals surface area (Å²) < 4.78 is 0.484. The van der Waals surface area contributed by atoms with E-state index in [1.165, 1.54) is 12.1 Å². The fourth-order valence-corrected chi connectivity index (χ4v) is 0.618. The summed E-state index contributed by atoms with van der Waals surface area (Å²) in [5.41, 5.74) is 0. The molecule has 0 bridgehead atoms. The van der Waals surface area contributed by atoms with Crippen molar-refractivity contribution in [3.63, 3.8) is 0 Å². The summed E-state index contributed by atoms with van der Waals surface area (Å²) in [5.74, 6) is -0.247. The molecule has 0 atom stereocenters. The Bertz CT molecular complexity index is 247. The summed E-state index contributed by atoms with van der Waals surface area (Å²) in [6.45, 7) is 0. The van der Waals surface area contributed by atoms with Gasteiger partial charge in [-0.05, 0) is 32.0 Å². The molecule has 0 aliphatic rings. The van der Waals surface area contributed by atoms with Crippen molar-refractivity contribution in [1.29, 1.82) is 0 Å². The second kappa shape index (κ2) is 2.70. The average Bonchev–Trinajstić information content (AvgIpc) is 1.88. The number of halogens is 1. The normalized spacial score (nSPS) is 9.30. The first-order valence-corrected chi connectivity index (χ1v) is 3.13. The number of aromatic nitrogens is 2. The predicted molar refractivity (Wildman–Crippen MR) is 36.4 cm³/mol. The molecule has 1 aromatic heterocycles. The van der Waals surface area contributed by atoms with Crippen molar-refractivity contribution in [2.45, 2.75) is 0 Å². The van der Waals surface area contributed by atoms with Crippen molar-refractivity contribution >= 4 is 21.7 Å². The third kappa shape index (κ3) is 1.47. The fraction of sp³-hybridized carbons (Fsp3) is 0. The number of nitro groups is 1. The zero-order valence-electron chi connectivity index (χ0n) is 4.69. The molecule has 6 heteroatoms. The highest BCUT2D eigenvalue weighted by molar-refractivity contribution is 9.10. The Morgan fingerprint density at radius 2 is 2.20 bits per heavy atom. The van der Waals surface area contributed by atoms with Crippen molar-refractivity contribution < 1.29 is 4.92 Å². The summed E-state index contributed by atoms with van der Waals surface area (Å²) >= 11 is 3.00. The van der Waals surface area contributed by atoms with Gasteiger partial charge in [-0.15, -0.1) is 0 Å². The number of hydrogen-bond donors (Lipinski definition) is 0. The van der Waals surface area contributed by atoms with E-state index < -0.39 is 4.92 Å². The van der Waals surface area contributed by atoms with E-state index in [2.05, 4.69) is 26.1 Å². The molecule has 0 saturated carbocycles. The van der Waals surface area contributed by atoms with Crippen LogP contribution in [0.2, 0.25) is 0 Å². The SMILES string of the molecule is O=[N+]([O-])c1ccc(Br)nn1. The van der Waals surface area contributed by atoms with Crippen molar-refractivity contribution in [1.82, 2.24) is 10.2 Å². The summed E-state index contributed by atoms with van der Waals surface area (Å²) in [7, 11) is 0. The van der Waals surface area contributed by atoms with Crippen LogP contribution in [0.25, 0.3) is 0 Å². The van der Waals surface area contributed by atoms with E-state index >= 15 is 0 Å². The van der Waals surface area contributed by atoms with Crippen LogP contribution in [0.1, 0.15) is 0 Å². The molecule has 0 radical (unpaired) electrons. The lowest BCUT2D eigenvalue weighted by Gasteiger charge is -1.87. The molecule has 0 aliphatic heterocycles. The Morgan fingerprint density at radius 1 is 1.50 bits per heavy atom. The molecule has 0 unspecified atom stereocenters. The summed E-state index contributed by atoms with van der Waals surface area (Å²) in [5, 5.41) is 16.7. The summed E-state index contributed by atoms with van der Waals surface area (Å²) in [6.07, 6.45) is 0. The maximum atomic E-state index is 10.00. The van der Waals surface area contributed by atoms with Gasteiger partial charge in [0.2, 0.25) is 0 Å².